The molecule has 0 bridgehead atoms. The monoisotopic (exact) mass is 235 g/mol. The third-order valence-electron chi connectivity index (χ3n) is 1.24. The number of methoxy groups -OCH3 is 1. The van der Waals surface area contributed by atoms with Crippen molar-refractivity contribution >= 4 is 27.5 Å². The quantitative estimate of drug-likeness (QED) is 0.582. The minimum absolute atomic E-state index is 0.486. The van der Waals surface area contributed by atoms with Crippen molar-refractivity contribution in [3.05, 3.63) is 23.0 Å². The second kappa shape index (κ2) is 3.93. The van der Waals surface area contributed by atoms with Crippen LogP contribution in [-0.4, -0.2) is 12.1 Å². The molecule has 0 amide bonds. The molecular formula is C7H7BrClNO. The lowest BCUT2D eigenvalue weighted by Crippen LogP contribution is -1.92. The number of ether oxygens (including phenoxy) is 1. The van der Waals surface area contributed by atoms with Gasteiger partial charge >= 0.3 is 0 Å². The predicted octanol–water partition coefficient (Wildman–Crippen LogP) is 2.64. The predicted molar refractivity (Wildman–Crippen MR) is 48.4 cm³/mol. The summed E-state index contributed by atoms with van der Waals surface area (Å²) in [5.41, 5.74) is 0.819. The third-order valence-corrected chi connectivity index (χ3v) is 1.99. The molecule has 1 aromatic heterocycles. The van der Waals surface area contributed by atoms with E-state index in [0.717, 1.165) is 11.4 Å². The maximum absolute atomic E-state index is 5.67. The summed E-state index contributed by atoms with van der Waals surface area (Å²) >= 11 is 8.95. The van der Waals surface area contributed by atoms with E-state index in [4.69, 9.17) is 16.3 Å². The molecule has 1 rings (SSSR count). The number of pyridine rings is 1. The molecule has 60 valence electrons. The van der Waals surface area contributed by atoms with Crippen molar-refractivity contribution in [3.63, 3.8) is 0 Å². The number of rotatable bonds is 2. The van der Waals surface area contributed by atoms with Gasteiger partial charge in [-0.3, -0.25) is 0 Å². The Kier molecular flexibility index (Phi) is 3.15. The maximum Gasteiger partial charge on any atom is 0.141 e. The topological polar surface area (TPSA) is 22.1 Å². The highest BCUT2D eigenvalue weighted by atomic mass is 79.9. The van der Waals surface area contributed by atoms with Gasteiger partial charge in [0.1, 0.15) is 10.9 Å². The van der Waals surface area contributed by atoms with Crippen LogP contribution in [0.2, 0.25) is 5.15 Å². The van der Waals surface area contributed by atoms with Crippen molar-refractivity contribution < 1.29 is 4.74 Å². The van der Waals surface area contributed by atoms with E-state index in [0.29, 0.717) is 10.5 Å². The van der Waals surface area contributed by atoms with Gasteiger partial charge in [0.15, 0.2) is 0 Å². The van der Waals surface area contributed by atoms with Crippen LogP contribution in [0.5, 0.6) is 5.75 Å². The van der Waals surface area contributed by atoms with Gasteiger partial charge < -0.3 is 4.74 Å². The number of halogens is 2. The summed E-state index contributed by atoms with van der Waals surface area (Å²) < 4.78 is 5.04. The molecule has 0 saturated carbocycles. The molecule has 1 aromatic rings. The van der Waals surface area contributed by atoms with Crippen LogP contribution in [0.4, 0.5) is 0 Å². The molecule has 0 fully saturated rings. The van der Waals surface area contributed by atoms with Gasteiger partial charge in [0.25, 0.3) is 0 Å². The molecule has 0 aromatic carbocycles. The number of hydrogen-bond acceptors (Lipinski definition) is 2. The molecule has 0 radical (unpaired) electrons. The normalized spacial score (nSPS) is 9.73. The summed E-state index contributed by atoms with van der Waals surface area (Å²) in [7, 11) is 1.61. The molecule has 0 aliphatic carbocycles. The van der Waals surface area contributed by atoms with Crippen LogP contribution < -0.4 is 4.74 Å². The highest BCUT2D eigenvalue weighted by Gasteiger charge is 2.02. The molecule has 0 aliphatic heterocycles. The van der Waals surface area contributed by atoms with Crippen LogP contribution in [0.1, 0.15) is 5.69 Å². The van der Waals surface area contributed by atoms with Crippen molar-refractivity contribution in [2.45, 2.75) is 5.33 Å². The van der Waals surface area contributed by atoms with Crippen LogP contribution in [0, 0.1) is 0 Å². The minimum Gasteiger partial charge on any atom is -0.495 e. The molecule has 0 saturated heterocycles. The van der Waals surface area contributed by atoms with Gasteiger partial charge in [-0.25, -0.2) is 4.98 Å². The lowest BCUT2D eigenvalue weighted by Gasteiger charge is -2.03. The summed E-state index contributed by atoms with van der Waals surface area (Å²) in [4.78, 5) is 4.06. The SMILES string of the molecule is COc1ccc(Cl)nc1CBr. The van der Waals surface area contributed by atoms with Crippen LogP contribution in [0.25, 0.3) is 0 Å². The molecule has 0 N–H and O–H groups in total. The third kappa shape index (κ3) is 2.07. The first kappa shape index (κ1) is 8.81. The number of aromatic nitrogens is 1. The van der Waals surface area contributed by atoms with E-state index in [1.165, 1.54) is 0 Å². The van der Waals surface area contributed by atoms with Gasteiger partial charge in [0, 0.05) is 5.33 Å². The zero-order valence-electron chi connectivity index (χ0n) is 5.97. The largest absolute Gasteiger partial charge is 0.495 e. The second-order valence-corrected chi connectivity index (χ2v) is 2.86. The van der Waals surface area contributed by atoms with E-state index in [-0.39, 0.29) is 0 Å². The van der Waals surface area contributed by atoms with E-state index < -0.39 is 0 Å². The van der Waals surface area contributed by atoms with E-state index in [2.05, 4.69) is 20.9 Å². The van der Waals surface area contributed by atoms with E-state index in [1.54, 1.807) is 19.2 Å². The Bertz CT molecular complexity index is 254. The number of nitrogens with zero attached hydrogens (tertiary/aromatic N) is 1. The summed E-state index contributed by atoms with van der Waals surface area (Å²) in [5, 5.41) is 1.14. The average molecular weight is 236 g/mol. The Balaban J connectivity index is 3.06. The zero-order chi connectivity index (χ0) is 8.27. The molecular weight excluding hydrogens is 229 g/mol. The van der Waals surface area contributed by atoms with Crippen LogP contribution >= 0.6 is 27.5 Å². The fourth-order valence-electron chi connectivity index (χ4n) is 0.744. The Morgan fingerprint density at radius 1 is 1.64 bits per heavy atom. The van der Waals surface area contributed by atoms with Gasteiger partial charge in [0.2, 0.25) is 0 Å². The fraction of sp³-hybridized carbons (Fsp3) is 0.286. The lowest BCUT2D eigenvalue weighted by molar-refractivity contribution is 0.409. The molecule has 1 heterocycles. The summed E-state index contributed by atoms with van der Waals surface area (Å²) in [6.07, 6.45) is 0. The first-order valence-corrected chi connectivity index (χ1v) is 4.53. The molecule has 0 spiro atoms. The van der Waals surface area contributed by atoms with Crippen molar-refractivity contribution in [2.75, 3.05) is 7.11 Å². The van der Waals surface area contributed by atoms with Gasteiger partial charge in [-0.1, -0.05) is 27.5 Å². The van der Waals surface area contributed by atoms with Crippen molar-refractivity contribution in [1.29, 1.82) is 0 Å². The van der Waals surface area contributed by atoms with Crippen LogP contribution in [-0.2, 0) is 5.33 Å². The van der Waals surface area contributed by atoms with E-state index in [1.807, 2.05) is 0 Å². The highest BCUT2D eigenvalue weighted by Crippen LogP contribution is 2.20. The molecule has 4 heteroatoms. The Hall–Kier alpha value is -0.280. The minimum atomic E-state index is 0.486. The van der Waals surface area contributed by atoms with Gasteiger partial charge in [-0.15, -0.1) is 0 Å². The van der Waals surface area contributed by atoms with Gasteiger partial charge in [-0.05, 0) is 12.1 Å². The Morgan fingerprint density at radius 2 is 2.36 bits per heavy atom. The van der Waals surface area contributed by atoms with Crippen molar-refractivity contribution in [3.8, 4) is 5.75 Å². The summed E-state index contributed by atoms with van der Waals surface area (Å²) in [6, 6.07) is 3.50. The second-order valence-electron chi connectivity index (χ2n) is 1.92. The Labute approximate surface area is 78.7 Å². The smallest absolute Gasteiger partial charge is 0.141 e. The molecule has 11 heavy (non-hydrogen) atoms. The summed E-state index contributed by atoms with van der Waals surface area (Å²) in [5.74, 6) is 0.756. The van der Waals surface area contributed by atoms with Gasteiger partial charge in [0.05, 0.1) is 12.8 Å². The van der Waals surface area contributed by atoms with E-state index >= 15 is 0 Å². The first-order valence-electron chi connectivity index (χ1n) is 3.03. The van der Waals surface area contributed by atoms with Crippen LogP contribution in [0.15, 0.2) is 12.1 Å². The fourth-order valence-corrected chi connectivity index (χ4v) is 1.31. The maximum atomic E-state index is 5.67. The zero-order valence-corrected chi connectivity index (χ0v) is 8.32. The summed E-state index contributed by atoms with van der Waals surface area (Å²) in [6.45, 7) is 0. The average Bonchev–Trinajstić information content (AvgIpc) is 2.04. The molecule has 2 nitrogen and oxygen atoms in total. The standard InChI is InChI=1S/C7H7BrClNO/c1-11-6-2-3-7(9)10-5(6)4-8/h2-3H,4H2,1H3. The first-order chi connectivity index (χ1) is 5.27. The van der Waals surface area contributed by atoms with Crippen molar-refractivity contribution in [1.82, 2.24) is 4.98 Å². The van der Waals surface area contributed by atoms with E-state index in [9.17, 15) is 0 Å². The van der Waals surface area contributed by atoms with Gasteiger partial charge in [-0.2, -0.15) is 0 Å². The van der Waals surface area contributed by atoms with Crippen LogP contribution in [0.3, 0.4) is 0 Å². The number of hydrogen-bond donors (Lipinski definition) is 0. The van der Waals surface area contributed by atoms with Crippen molar-refractivity contribution in [2.24, 2.45) is 0 Å². The molecule has 0 unspecified atom stereocenters. The molecule has 0 aliphatic rings. The molecule has 0 atom stereocenters. The highest BCUT2D eigenvalue weighted by molar-refractivity contribution is 9.08. The number of alkyl halides is 1. The lowest BCUT2D eigenvalue weighted by atomic mass is 10.3. The Morgan fingerprint density at radius 3 is 2.91 bits per heavy atom.